The van der Waals surface area contributed by atoms with Crippen molar-refractivity contribution in [1.29, 1.82) is 0 Å². The van der Waals surface area contributed by atoms with Crippen LogP contribution in [0.1, 0.15) is 57.1 Å². The zero-order valence-corrected chi connectivity index (χ0v) is 11.9. The molecule has 0 aliphatic heterocycles. The van der Waals surface area contributed by atoms with Crippen LogP contribution in [0.2, 0.25) is 0 Å². The van der Waals surface area contributed by atoms with E-state index in [9.17, 15) is 0 Å². The fourth-order valence-corrected chi connectivity index (χ4v) is 4.76. The van der Waals surface area contributed by atoms with Gasteiger partial charge in [0.1, 0.15) is 0 Å². The van der Waals surface area contributed by atoms with Gasteiger partial charge in [-0.3, -0.25) is 0 Å². The lowest BCUT2D eigenvalue weighted by Crippen LogP contribution is -2.29. The van der Waals surface area contributed by atoms with E-state index in [1.54, 1.807) is 11.1 Å². The van der Waals surface area contributed by atoms with Crippen molar-refractivity contribution >= 4 is 0 Å². The largest absolute Gasteiger partial charge is 0.0625 e. The monoisotopic (exact) mass is 242 g/mol. The van der Waals surface area contributed by atoms with Gasteiger partial charge in [-0.25, -0.2) is 0 Å². The summed E-state index contributed by atoms with van der Waals surface area (Å²) >= 11 is 0. The van der Waals surface area contributed by atoms with E-state index in [-0.39, 0.29) is 0 Å². The van der Waals surface area contributed by atoms with E-state index in [1.165, 1.54) is 44.9 Å². The molecule has 2 aliphatic carbocycles. The number of aryl methyl sites for hydroxylation is 2. The second kappa shape index (κ2) is 4.72. The van der Waals surface area contributed by atoms with Crippen molar-refractivity contribution in [1.82, 2.24) is 0 Å². The first-order valence-corrected chi connectivity index (χ1v) is 7.78. The molecule has 3 rings (SSSR count). The van der Waals surface area contributed by atoms with E-state index in [0.29, 0.717) is 5.41 Å². The fraction of sp³-hybridized carbons (Fsp3) is 0.667. The summed E-state index contributed by atoms with van der Waals surface area (Å²) in [6.07, 6.45) is 9.95. The van der Waals surface area contributed by atoms with Crippen LogP contribution in [0.5, 0.6) is 0 Å². The highest BCUT2D eigenvalue weighted by Crippen LogP contribution is 2.53. The number of rotatable bonds is 1. The van der Waals surface area contributed by atoms with Crippen LogP contribution in [0.15, 0.2) is 24.3 Å². The Morgan fingerprint density at radius 1 is 1.00 bits per heavy atom. The van der Waals surface area contributed by atoms with Crippen LogP contribution in [0.25, 0.3) is 0 Å². The minimum atomic E-state index is 0.674. The second-order valence-electron chi connectivity index (χ2n) is 6.87. The maximum Gasteiger partial charge on any atom is -0.0260 e. The molecule has 1 saturated carbocycles. The van der Waals surface area contributed by atoms with E-state index in [1.807, 2.05) is 0 Å². The van der Waals surface area contributed by atoms with E-state index in [0.717, 1.165) is 11.8 Å². The van der Waals surface area contributed by atoms with Gasteiger partial charge in [-0.05, 0) is 66.9 Å². The van der Waals surface area contributed by atoms with Crippen molar-refractivity contribution in [3.63, 3.8) is 0 Å². The molecule has 18 heavy (non-hydrogen) atoms. The Bertz CT molecular complexity index is 389. The Balaban J connectivity index is 1.85. The topological polar surface area (TPSA) is 0 Å². The molecule has 0 nitrogen and oxygen atoms in total. The summed E-state index contributed by atoms with van der Waals surface area (Å²) in [7, 11) is 0. The average Bonchev–Trinajstić information content (AvgIpc) is 2.69. The van der Waals surface area contributed by atoms with Crippen molar-refractivity contribution < 1.29 is 0 Å². The van der Waals surface area contributed by atoms with Crippen molar-refractivity contribution in [3.8, 4) is 0 Å². The molecule has 0 amide bonds. The minimum absolute atomic E-state index is 0.674. The Hall–Kier alpha value is -0.780. The number of benzene rings is 1. The lowest BCUT2D eigenvalue weighted by atomic mass is 9.68. The summed E-state index contributed by atoms with van der Waals surface area (Å²) in [6, 6.07) is 9.14. The molecule has 0 radical (unpaired) electrons. The smallest absolute Gasteiger partial charge is 0.0260 e. The first-order chi connectivity index (χ1) is 8.71. The van der Waals surface area contributed by atoms with Gasteiger partial charge in [-0.15, -0.1) is 0 Å². The standard InChI is InChI=1S/C18H26/c1-14(2)17-8-5-11-18(17)12-9-15-6-3-4-7-16(15)10-13-18/h3-4,6-7,14,17H,5,8-13H2,1-2H3. The van der Waals surface area contributed by atoms with E-state index in [2.05, 4.69) is 38.1 Å². The first-order valence-electron chi connectivity index (χ1n) is 7.78. The van der Waals surface area contributed by atoms with E-state index >= 15 is 0 Å². The SMILES string of the molecule is CC(C)C1CCCC12CCc1ccccc1CC2. The number of fused-ring (bicyclic) bond motifs is 1. The molecule has 1 spiro atoms. The Labute approximate surface area is 112 Å². The highest BCUT2D eigenvalue weighted by molar-refractivity contribution is 5.29. The number of hydrogen-bond acceptors (Lipinski definition) is 0. The van der Waals surface area contributed by atoms with Crippen LogP contribution in [-0.4, -0.2) is 0 Å². The molecule has 1 aromatic rings. The second-order valence-corrected chi connectivity index (χ2v) is 6.87. The maximum atomic E-state index is 2.44. The maximum absolute atomic E-state index is 2.44. The molecule has 1 aromatic carbocycles. The molecule has 0 saturated heterocycles. The molecule has 1 unspecified atom stereocenters. The molecule has 0 heteroatoms. The molecule has 0 aromatic heterocycles. The zero-order valence-electron chi connectivity index (χ0n) is 11.9. The predicted octanol–water partition coefficient (Wildman–Crippen LogP) is 5.01. The minimum Gasteiger partial charge on any atom is -0.0625 e. The fourth-order valence-electron chi connectivity index (χ4n) is 4.76. The van der Waals surface area contributed by atoms with Gasteiger partial charge in [0.05, 0.1) is 0 Å². The van der Waals surface area contributed by atoms with Crippen molar-refractivity contribution in [2.45, 2.75) is 58.8 Å². The van der Waals surface area contributed by atoms with Gasteiger partial charge in [0.25, 0.3) is 0 Å². The van der Waals surface area contributed by atoms with Gasteiger partial charge in [-0.2, -0.15) is 0 Å². The van der Waals surface area contributed by atoms with Crippen LogP contribution in [0.3, 0.4) is 0 Å². The molecule has 1 atom stereocenters. The van der Waals surface area contributed by atoms with Gasteiger partial charge >= 0.3 is 0 Å². The Kier molecular flexibility index (Phi) is 3.21. The molecule has 0 N–H and O–H groups in total. The summed E-state index contributed by atoms with van der Waals surface area (Å²) in [4.78, 5) is 0. The van der Waals surface area contributed by atoms with Crippen molar-refractivity contribution in [3.05, 3.63) is 35.4 Å². The summed E-state index contributed by atoms with van der Waals surface area (Å²) in [5.74, 6) is 1.85. The highest BCUT2D eigenvalue weighted by atomic mass is 14.5. The quantitative estimate of drug-likeness (QED) is 0.649. The lowest BCUT2D eigenvalue weighted by Gasteiger charge is -2.37. The normalized spacial score (nSPS) is 26.3. The highest BCUT2D eigenvalue weighted by Gasteiger charge is 2.43. The van der Waals surface area contributed by atoms with Crippen molar-refractivity contribution in [2.75, 3.05) is 0 Å². The van der Waals surface area contributed by atoms with E-state index < -0.39 is 0 Å². The van der Waals surface area contributed by atoms with Gasteiger partial charge in [0.15, 0.2) is 0 Å². The molecule has 98 valence electrons. The third kappa shape index (κ3) is 2.00. The van der Waals surface area contributed by atoms with Crippen LogP contribution >= 0.6 is 0 Å². The molecule has 1 fully saturated rings. The van der Waals surface area contributed by atoms with Crippen LogP contribution < -0.4 is 0 Å². The molecule has 0 bridgehead atoms. The Morgan fingerprint density at radius 2 is 1.61 bits per heavy atom. The predicted molar refractivity (Wildman–Crippen MR) is 77.7 cm³/mol. The summed E-state index contributed by atoms with van der Waals surface area (Å²) in [6.45, 7) is 4.88. The molecule has 0 heterocycles. The van der Waals surface area contributed by atoms with Crippen LogP contribution in [0.4, 0.5) is 0 Å². The van der Waals surface area contributed by atoms with Crippen LogP contribution in [0, 0.1) is 17.3 Å². The average molecular weight is 242 g/mol. The van der Waals surface area contributed by atoms with Gasteiger partial charge < -0.3 is 0 Å². The first kappa shape index (κ1) is 12.3. The third-order valence-electron chi connectivity index (χ3n) is 5.68. The van der Waals surface area contributed by atoms with Crippen molar-refractivity contribution in [2.24, 2.45) is 17.3 Å². The third-order valence-corrected chi connectivity index (χ3v) is 5.68. The van der Waals surface area contributed by atoms with Gasteiger partial charge in [-0.1, -0.05) is 44.5 Å². The van der Waals surface area contributed by atoms with Crippen LogP contribution in [-0.2, 0) is 12.8 Å². The van der Waals surface area contributed by atoms with Gasteiger partial charge in [0, 0.05) is 0 Å². The summed E-state index contributed by atoms with van der Waals surface area (Å²) in [5, 5.41) is 0. The molecular formula is C18H26. The number of hydrogen-bond donors (Lipinski definition) is 0. The summed E-state index contributed by atoms with van der Waals surface area (Å²) in [5.41, 5.74) is 3.93. The Morgan fingerprint density at radius 3 is 2.17 bits per heavy atom. The molecule has 2 aliphatic rings. The van der Waals surface area contributed by atoms with Gasteiger partial charge in [0.2, 0.25) is 0 Å². The lowest BCUT2D eigenvalue weighted by molar-refractivity contribution is 0.128. The zero-order chi connectivity index (χ0) is 12.6. The van der Waals surface area contributed by atoms with E-state index in [4.69, 9.17) is 0 Å². The molecular weight excluding hydrogens is 216 g/mol. The summed E-state index contributed by atoms with van der Waals surface area (Å²) < 4.78 is 0.